The maximum Gasteiger partial charge on any atom is 0.246 e. The fourth-order valence-corrected chi connectivity index (χ4v) is 4.88. The molecular formula is C19H22ClNO4S. The quantitative estimate of drug-likeness (QED) is 0.770. The van der Waals surface area contributed by atoms with Crippen LogP contribution in [-0.4, -0.2) is 39.0 Å². The van der Waals surface area contributed by atoms with Crippen molar-refractivity contribution in [2.24, 2.45) is 0 Å². The van der Waals surface area contributed by atoms with Crippen molar-refractivity contribution in [3.05, 3.63) is 53.1 Å². The Labute approximate surface area is 159 Å². The normalized spacial score (nSPS) is 16.4. The molecule has 0 aliphatic carbocycles. The van der Waals surface area contributed by atoms with E-state index in [1.165, 1.54) is 23.0 Å². The zero-order valence-electron chi connectivity index (χ0n) is 14.8. The van der Waals surface area contributed by atoms with Crippen LogP contribution in [0.5, 0.6) is 11.5 Å². The topological polar surface area (TPSA) is 55.8 Å². The van der Waals surface area contributed by atoms with Crippen LogP contribution in [0.4, 0.5) is 0 Å². The molecule has 140 valence electrons. The van der Waals surface area contributed by atoms with E-state index < -0.39 is 10.0 Å². The van der Waals surface area contributed by atoms with Crippen LogP contribution in [0.1, 0.15) is 18.4 Å². The van der Waals surface area contributed by atoms with E-state index in [1.807, 2.05) is 31.2 Å². The summed E-state index contributed by atoms with van der Waals surface area (Å²) in [4.78, 5) is 0.102. The van der Waals surface area contributed by atoms with Gasteiger partial charge in [-0.15, -0.1) is 0 Å². The lowest BCUT2D eigenvalue weighted by Crippen LogP contribution is -2.41. The molecule has 0 atom stereocenters. The minimum absolute atomic E-state index is 0.00501. The second kappa shape index (κ2) is 7.86. The highest BCUT2D eigenvalue weighted by atomic mass is 35.5. The smallest absolute Gasteiger partial charge is 0.246 e. The van der Waals surface area contributed by atoms with Crippen molar-refractivity contribution in [2.75, 3.05) is 20.2 Å². The monoisotopic (exact) mass is 395 g/mol. The summed E-state index contributed by atoms with van der Waals surface area (Å²) in [6, 6.07) is 12.5. The van der Waals surface area contributed by atoms with Crippen LogP contribution in [0.3, 0.4) is 0 Å². The molecule has 0 spiro atoms. The SMILES string of the molecule is COc1ccc(Cl)cc1S(=O)(=O)N1CCC(Oc2ccc(C)cc2)CC1. The van der Waals surface area contributed by atoms with Gasteiger partial charge < -0.3 is 9.47 Å². The summed E-state index contributed by atoms with van der Waals surface area (Å²) >= 11 is 5.98. The molecule has 0 amide bonds. The summed E-state index contributed by atoms with van der Waals surface area (Å²) in [6.07, 6.45) is 1.27. The van der Waals surface area contributed by atoms with Crippen molar-refractivity contribution in [2.45, 2.75) is 30.8 Å². The van der Waals surface area contributed by atoms with Crippen molar-refractivity contribution >= 4 is 21.6 Å². The Hall–Kier alpha value is -1.76. The molecule has 3 rings (SSSR count). The average Bonchev–Trinajstić information content (AvgIpc) is 2.64. The molecule has 1 heterocycles. The van der Waals surface area contributed by atoms with E-state index in [4.69, 9.17) is 21.1 Å². The van der Waals surface area contributed by atoms with Crippen molar-refractivity contribution in [3.63, 3.8) is 0 Å². The third kappa shape index (κ3) is 4.14. The van der Waals surface area contributed by atoms with Crippen molar-refractivity contribution in [1.29, 1.82) is 0 Å². The van der Waals surface area contributed by atoms with Crippen LogP contribution in [0.15, 0.2) is 47.4 Å². The summed E-state index contributed by atoms with van der Waals surface area (Å²) < 4.78 is 38.6. The first-order chi connectivity index (χ1) is 12.4. The van der Waals surface area contributed by atoms with Crippen LogP contribution in [0, 0.1) is 6.92 Å². The van der Waals surface area contributed by atoms with Crippen molar-refractivity contribution < 1.29 is 17.9 Å². The number of methoxy groups -OCH3 is 1. The largest absolute Gasteiger partial charge is 0.495 e. The first kappa shape index (κ1) is 19.0. The van der Waals surface area contributed by atoms with Crippen molar-refractivity contribution in [3.8, 4) is 11.5 Å². The third-order valence-electron chi connectivity index (χ3n) is 4.47. The van der Waals surface area contributed by atoms with Gasteiger partial charge in [0.05, 0.1) is 7.11 Å². The Balaban J connectivity index is 1.69. The highest BCUT2D eigenvalue weighted by Crippen LogP contribution is 2.31. The van der Waals surface area contributed by atoms with Gasteiger partial charge in [0.25, 0.3) is 0 Å². The van der Waals surface area contributed by atoms with Gasteiger partial charge >= 0.3 is 0 Å². The molecule has 26 heavy (non-hydrogen) atoms. The van der Waals surface area contributed by atoms with E-state index in [-0.39, 0.29) is 11.0 Å². The molecule has 0 N–H and O–H groups in total. The predicted molar refractivity (Wildman–Crippen MR) is 102 cm³/mol. The molecule has 1 aliphatic rings. The minimum Gasteiger partial charge on any atom is -0.495 e. The van der Waals surface area contributed by atoms with Crippen molar-refractivity contribution in [1.82, 2.24) is 4.31 Å². The van der Waals surface area contributed by atoms with Gasteiger partial charge in [-0.1, -0.05) is 29.3 Å². The third-order valence-corrected chi connectivity index (χ3v) is 6.62. The van der Waals surface area contributed by atoms with Crippen LogP contribution in [0.25, 0.3) is 0 Å². The Kier molecular flexibility index (Phi) is 5.75. The standard InChI is InChI=1S/C19H22ClNO4S/c1-14-3-6-16(7-4-14)25-17-9-11-21(12-10-17)26(22,23)19-13-15(20)5-8-18(19)24-2/h3-8,13,17H,9-12H2,1-2H3. The molecule has 1 aliphatic heterocycles. The van der Waals surface area contributed by atoms with Gasteiger partial charge in [0.2, 0.25) is 10.0 Å². The van der Waals surface area contributed by atoms with E-state index in [0.717, 1.165) is 5.75 Å². The summed E-state index contributed by atoms with van der Waals surface area (Å²) in [6.45, 7) is 2.82. The van der Waals surface area contributed by atoms with Crippen LogP contribution in [0.2, 0.25) is 5.02 Å². The number of halogens is 1. The van der Waals surface area contributed by atoms with Gasteiger partial charge in [0, 0.05) is 18.1 Å². The second-order valence-electron chi connectivity index (χ2n) is 6.33. The Bertz CT molecular complexity index is 860. The molecule has 2 aromatic rings. The maximum atomic E-state index is 13.0. The van der Waals surface area contributed by atoms with Gasteiger partial charge in [-0.25, -0.2) is 8.42 Å². The number of piperidine rings is 1. The molecule has 0 radical (unpaired) electrons. The van der Waals surface area contributed by atoms with Gasteiger partial charge in [0.1, 0.15) is 22.5 Å². The van der Waals surface area contributed by atoms with Gasteiger partial charge in [-0.2, -0.15) is 4.31 Å². The van der Waals surface area contributed by atoms with E-state index >= 15 is 0 Å². The first-order valence-electron chi connectivity index (χ1n) is 8.47. The Morgan fingerprint density at radius 1 is 1.08 bits per heavy atom. The lowest BCUT2D eigenvalue weighted by Gasteiger charge is -2.31. The molecule has 7 heteroatoms. The molecule has 2 aromatic carbocycles. The molecule has 0 aromatic heterocycles. The van der Waals surface area contributed by atoms with E-state index in [2.05, 4.69) is 0 Å². The minimum atomic E-state index is -3.66. The zero-order chi connectivity index (χ0) is 18.7. The summed E-state index contributed by atoms with van der Waals surface area (Å²) in [5.74, 6) is 1.11. The Morgan fingerprint density at radius 2 is 1.73 bits per heavy atom. The molecule has 5 nitrogen and oxygen atoms in total. The number of ether oxygens (including phenoxy) is 2. The van der Waals surface area contributed by atoms with Gasteiger partial charge in [-0.3, -0.25) is 0 Å². The molecule has 0 unspecified atom stereocenters. The number of hydrogen-bond acceptors (Lipinski definition) is 4. The van der Waals surface area contributed by atoms with Crippen LogP contribution in [-0.2, 0) is 10.0 Å². The number of aryl methyl sites for hydroxylation is 1. The summed E-state index contributed by atoms with van der Waals surface area (Å²) in [7, 11) is -2.21. The molecular weight excluding hydrogens is 374 g/mol. The second-order valence-corrected chi connectivity index (χ2v) is 8.67. The highest BCUT2D eigenvalue weighted by Gasteiger charge is 2.32. The zero-order valence-corrected chi connectivity index (χ0v) is 16.4. The number of benzene rings is 2. The highest BCUT2D eigenvalue weighted by molar-refractivity contribution is 7.89. The lowest BCUT2D eigenvalue weighted by molar-refractivity contribution is 0.135. The number of nitrogens with zero attached hydrogens (tertiary/aromatic N) is 1. The maximum absolute atomic E-state index is 13.0. The molecule has 0 saturated carbocycles. The van der Waals surface area contributed by atoms with E-state index in [0.29, 0.717) is 36.7 Å². The van der Waals surface area contributed by atoms with Gasteiger partial charge in [-0.05, 0) is 50.1 Å². The average molecular weight is 396 g/mol. The van der Waals surface area contributed by atoms with Crippen LogP contribution >= 0.6 is 11.6 Å². The first-order valence-corrected chi connectivity index (χ1v) is 10.3. The molecule has 1 saturated heterocycles. The van der Waals surface area contributed by atoms with Gasteiger partial charge in [0.15, 0.2) is 0 Å². The predicted octanol–water partition coefficient (Wildman–Crippen LogP) is 3.89. The molecule has 0 bridgehead atoms. The Morgan fingerprint density at radius 3 is 2.35 bits per heavy atom. The fourth-order valence-electron chi connectivity index (χ4n) is 2.99. The van der Waals surface area contributed by atoms with E-state index in [1.54, 1.807) is 12.1 Å². The van der Waals surface area contributed by atoms with E-state index in [9.17, 15) is 8.42 Å². The fraction of sp³-hybridized carbons (Fsp3) is 0.368. The summed E-state index contributed by atoms with van der Waals surface area (Å²) in [5.41, 5.74) is 1.17. The number of sulfonamides is 1. The number of hydrogen-bond donors (Lipinski definition) is 0. The summed E-state index contributed by atoms with van der Waals surface area (Å²) in [5, 5.41) is 0.363. The number of rotatable bonds is 5. The van der Waals surface area contributed by atoms with Crippen LogP contribution < -0.4 is 9.47 Å². The molecule has 1 fully saturated rings. The lowest BCUT2D eigenvalue weighted by atomic mass is 10.1.